The van der Waals surface area contributed by atoms with E-state index in [2.05, 4.69) is 0 Å². The number of para-hydroxylation sites is 1. The van der Waals surface area contributed by atoms with Crippen LogP contribution < -0.4 is 15.2 Å². The van der Waals surface area contributed by atoms with Crippen molar-refractivity contribution in [2.45, 2.75) is 0 Å². The summed E-state index contributed by atoms with van der Waals surface area (Å²) in [5.41, 5.74) is 6.26. The molecule has 0 saturated heterocycles. The van der Waals surface area contributed by atoms with Crippen molar-refractivity contribution in [2.24, 2.45) is 5.73 Å². The Balaban J connectivity index is 2.16. The van der Waals surface area contributed by atoms with Crippen LogP contribution in [-0.4, -0.2) is 25.4 Å². The quantitative estimate of drug-likeness (QED) is 0.629. The van der Waals surface area contributed by atoms with Crippen LogP contribution in [0.25, 0.3) is 6.08 Å². The summed E-state index contributed by atoms with van der Waals surface area (Å²) >= 11 is 0. The number of methoxy groups -OCH3 is 1. The highest BCUT2D eigenvalue weighted by molar-refractivity contribution is 6.08. The normalized spacial score (nSPS) is 10.5. The van der Waals surface area contributed by atoms with Crippen molar-refractivity contribution in [2.75, 3.05) is 13.7 Å². The first-order chi connectivity index (χ1) is 11.1. The Hall–Kier alpha value is -3.08. The molecule has 2 rings (SSSR count). The van der Waals surface area contributed by atoms with Gasteiger partial charge < -0.3 is 15.2 Å². The minimum absolute atomic E-state index is 0.229. The number of primary amides is 1. The molecule has 0 radical (unpaired) electrons. The molecule has 23 heavy (non-hydrogen) atoms. The van der Waals surface area contributed by atoms with Crippen molar-refractivity contribution < 1.29 is 19.1 Å². The number of carbonyl (C=O) groups excluding carboxylic acids is 2. The Bertz CT molecular complexity index is 737. The summed E-state index contributed by atoms with van der Waals surface area (Å²) in [6.07, 6.45) is 3.14. The second-order valence-electron chi connectivity index (χ2n) is 4.73. The van der Waals surface area contributed by atoms with E-state index in [4.69, 9.17) is 15.2 Å². The van der Waals surface area contributed by atoms with E-state index in [0.29, 0.717) is 17.1 Å². The van der Waals surface area contributed by atoms with Crippen molar-refractivity contribution >= 4 is 17.8 Å². The number of rotatable bonds is 7. The van der Waals surface area contributed by atoms with Gasteiger partial charge in [0.05, 0.1) is 12.7 Å². The standard InChI is InChI=1S/C18H17NO4/c1-22-14-6-4-5-13(11-14)9-10-16(20)15-7-2-3-8-17(15)23-12-18(19)21/h2-11H,12H2,1H3,(H2,19,21)/b10-9+. The Morgan fingerprint density at radius 1 is 1.13 bits per heavy atom. The van der Waals surface area contributed by atoms with E-state index in [1.54, 1.807) is 37.5 Å². The highest BCUT2D eigenvalue weighted by Crippen LogP contribution is 2.20. The van der Waals surface area contributed by atoms with Gasteiger partial charge in [0.2, 0.25) is 0 Å². The SMILES string of the molecule is COc1cccc(/C=C/C(=O)c2ccccc2OCC(N)=O)c1. The van der Waals surface area contributed by atoms with Crippen LogP contribution in [0, 0.1) is 0 Å². The number of hydrogen-bond donors (Lipinski definition) is 1. The van der Waals surface area contributed by atoms with Gasteiger partial charge in [0, 0.05) is 0 Å². The first kappa shape index (κ1) is 16.3. The maximum absolute atomic E-state index is 12.3. The number of ketones is 1. The predicted molar refractivity (Wildman–Crippen MR) is 87.5 cm³/mol. The summed E-state index contributed by atoms with van der Waals surface area (Å²) in [4.78, 5) is 23.1. The van der Waals surface area contributed by atoms with Crippen LogP contribution in [-0.2, 0) is 4.79 Å². The number of ether oxygens (including phenoxy) is 2. The highest BCUT2D eigenvalue weighted by Gasteiger charge is 2.10. The van der Waals surface area contributed by atoms with Crippen LogP contribution in [0.15, 0.2) is 54.6 Å². The Labute approximate surface area is 134 Å². The van der Waals surface area contributed by atoms with Gasteiger partial charge in [0.15, 0.2) is 12.4 Å². The maximum Gasteiger partial charge on any atom is 0.255 e. The van der Waals surface area contributed by atoms with Crippen LogP contribution in [0.1, 0.15) is 15.9 Å². The Morgan fingerprint density at radius 3 is 2.65 bits per heavy atom. The first-order valence-corrected chi connectivity index (χ1v) is 6.97. The van der Waals surface area contributed by atoms with E-state index in [0.717, 1.165) is 5.56 Å². The third-order valence-corrected chi connectivity index (χ3v) is 3.04. The molecule has 0 fully saturated rings. The zero-order chi connectivity index (χ0) is 16.7. The molecule has 5 nitrogen and oxygen atoms in total. The van der Waals surface area contributed by atoms with Gasteiger partial charge in [-0.05, 0) is 35.9 Å². The molecule has 0 aromatic heterocycles. The Morgan fingerprint density at radius 2 is 1.91 bits per heavy atom. The molecule has 0 unspecified atom stereocenters. The van der Waals surface area contributed by atoms with Gasteiger partial charge in [0.1, 0.15) is 11.5 Å². The molecule has 0 aliphatic heterocycles. The van der Waals surface area contributed by atoms with Gasteiger partial charge in [0.25, 0.3) is 5.91 Å². The van der Waals surface area contributed by atoms with E-state index in [-0.39, 0.29) is 12.4 Å². The summed E-state index contributed by atoms with van der Waals surface area (Å²) < 4.78 is 10.4. The van der Waals surface area contributed by atoms with Crippen LogP contribution in [0.4, 0.5) is 0 Å². The van der Waals surface area contributed by atoms with Crippen molar-refractivity contribution in [3.05, 3.63) is 65.7 Å². The van der Waals surface area contributed by atoms with Crippen LogP contribution in [0.2, 0.25) is 0 Å². The summed E-state index contributed by atoms with van der Waals surface area (Å²) in [7, 11) is 1.58. The summed E-state index contributed by atoms with van der Waals surface area (Å²) in [6, 6.07) is 14.0. The lowest BCUT2D eigenvalue weighted by atomic mass is 10.1. The van der Waals surface area contributed by atoms with Crippen LogP contribution >= 0.6 is 0 Å². The zero-order valence-corrected chi connectivity index (χ0v) is 12.7. The van der Waals surface area contributed by atoms with Crippen LogP contribution in [0.5, 0.6) is 11.5 Å². The van der Waals surface area contributed by atoms with E-state index in [1.807, 2.05) is 24.3 Å². The molecule has 2 aromatic carbocycles. The third-order valence-electron chi connectivity index (χ3n) is 3.04. The topological polar surface area (TPSA) is 78.6 Å². The molecular weight excluding hydrogens is 294 g/mol. The molecule has 2 aromatic rings. The molecule has 0 atom stereocenters. The predicted octanol–water partition coefficient (Wildman–Crippen LogP) is 2.46. The fourth-order valence-corrected chi connectivity index (χ4v) is 1.95. The smallest absolute Gasteiger partial charge is 0.255 e. The van der Waals surface area contributed by atoms with E-state index >= 15 is 0 Å². The van der Waals surface area contributed by atoms with Gasteiger partial charge in [-0.1, -0.05) is 30.3 Å². The minimum Gasteiger partial charge on any atom is -0.497 e. The number of benzene rings is 2. The number of amides is 1. The average molecular weight is 311 g/mol. The summed E-state index contributed by atoms with van der Waals surface area (Å²) in [5, 5.41) is 0. The van der Waals surface area contributed by atoms with Gasteiger partial charge in [-0.25, -0.2) is 0 Å². The molecule has 0 bridgehead atoms. The van der Waals surface area contributed by atoms with Gasteiger partial charge in [-0.2, -0.15) is 0 Å². The second-order valence-corrected chi connectivity index (χ2v) is 4.73. The summed E-state index contributed by atoms with van der Waals surface area (Å²) in [6.45, 7) is -0.274. The lowest BCUT2D eigenvalue weighted by Gasteiger charge is -2.07. The molecule has 1 amide bonds. The third kappa shape index (κ3) is 4.71. The second kappa shape index (κ2) is 7.79. The maximum atomic E-state index is 12.3. The number of carbonyl (C=O) groups is 2. The fraction of sp³-hybridized carbons (Fsp3) is 0.111. The molecule has 0 aliphatic carbocycles. The molecule has 118 valence electrons. The molecule has 2 N–H and O–H groups in total. The molecule has 5 heteroatoms. The van der Waals surface area contributed by atoms with Crippen LogP contribution in [0.3, 0.4) is 0 Å². The highest BCUT2D eigenvalue weighted by atomic mass is 16.5. The molecular formula is C18H17NO4. The first-order valence-electron chi connectivity index (χ1n) is 6.97. The lowest BCUT2D eigenvalue weighted by Crippen LogP contribution is -2.20. The number of nitrogens with two attached hydrogens (primary N) is 1. The van der Waals surface area contributed by atoms with Gasteiger partial charge in [-0.15, -0.1) is 0 Å². The number of allylic oxidation sites excluding steroid dienone is 1. The van der Waals surface area contributed by atoms with E-state index < -0.39 is 5.91 Å². The Kier molecular flexibility index (Phi) is 5.52. The minimum atomic E-state index is -0.598. The summed E-state index contributed by atoms with van der Waals surface area (Å²) in [5.74, 6) is 0.212. The van der Waals surface area contributed by atoms with Crippen molar-refractivity contribution in [1.82, 2.24) is 0 Å². The molecule has 0 saturated carbocycles. The number of hydrogen-bond acceptors (Lipinski definition) is 4. The lowest BCUT2D eigenvalue weighted by molar-refractivity contribution is -0.119. The molecule has 0 heterocycles. The van der Waals surface area contributed by atoms with Crippen molar-refractivity contribution in [3.8, 4) is 11.5 Å². The van der Waals surface area contributed by atoms with E-state index in [1.165, 1.54) is 6.08 Å². The average Bonchev–Trinajstić information content (AvgIpc) is 2.58. The molecule has 0 aliphatic rings. The largest absolute Gasteiger partial charge is 0.497 e. The van der Waals surface area contributed by atoms with Gasteiger partial charge >= 0.3 is 0 Å². The van der Waals surface area contributed by atoms with Crippen molar-refractivity contribution in [1.29, 1.82) is 0 Å². The van der Waals surface area contributed by atoms with Crippen molar-refractivity contribution in [3.63, 3.8) is 0 Å². The zero-order valence-electron chi connectivity index (χ0n) is 12.7. The monoisotopic (exact) mass is 311 g/mol. The fourth-order valence-electron chi connectivity index (χ4n) is 1.95. The molecule has 0 spiro atoms. The van der Waals surface area contributed by atoms with E-state index in [9.17, 15) is 9.59 Å². The van der Waals surface area contributed by atoms with Gasteiger partial charge in [-0.3, -0.25) is 9.59 Å².